The fraction of sp³-hybridized carbons (Fsp3) is 0.143. The fourth-order valence-corrected chi connectivity index (χ4v) is 3.12. The number of hydrogen-bond donors (Lipinski definition) is 2. The van der Waals surface area contributed by atoms with Crippen LogP contribution in [0.4, 0.5) is 30.4 Å². The van der Waals surface area contributed by atoms with E-state index >= 15 is 0 Å². The molecule has 0 fully saturated rings. The van der Waals surface area contributed by atoms with Crippen LogP contribution in [0, 0.1) is 6.92 Å². The normalized spacial score (nSPS) is 11.2. The summed E-state index contributed by atoms with van der Waals surface area (Å²) in [4.78, 5) is 16.5. The number of amides is 1. The lowest BCUT2D eigenvalue weighted by Gasteiger charge is -2.16. The van der Waals surface area contributed by atoms with Crippen molar-refractivity contribution in [3.63, 3.8) is 0 Å². The summed E-state index contributed by atoms with van der Waals surface area (Å²) in [5.41, 5.74) is 0.219. The smallest absolute Gasteiger partial charge is 0.433 e. The summed E-state index contributed by atoms with van der Waals surface area (Å²) < 4.78 is 44.7. The lowest BCUT2D eigenvalue weighted by Crippen LogP contribution is -2.17. The topological polar surface area (TPSA) is 63.2 Å². The number of hydrogen-bond acceptors (Lipinski definition) is 4. The number of pyridine rings is 1. The van der Waals surface area contributed by atoms with Gasteiger partial charge in [0, 0.05) is 16.4 Å². The fourth-order valence-electron chi connectivity index (χ4n) is 2.69. The van der Waals surface area contributed by atoms with Crippen molar-refractivity contribution in [1.82, 2.24) is 4.98 Å². The van der Waals surface area contributed by atoms with Gasteiger partial charge in [-0.3, -0.25) is 4.79 Å². The first-order chi connectivity index (χ1) is 14.6. The summed E-state index contributed by atoms with van der Waals surface area (Å²) in [6.07, 6.45) is -4.68. The van der Waals surface area contributed by atoms with E-state index in [-0.39, 0.29) is 16.4 Å². The molecular formula is C21H16Cl2F3N3O2. The summed E-state index contributed by atoms with van der Waals surface area (Å²) in [6, 6.07) is 11.2. The van der Waals surface area contributed by atoms with Gasteiger partial charge in [-0.2, -0.15) is 13.2 Å². The molecule has 162 valence electrons. The summed E-state index contributed by atoms with van der Waals surface area (Å²) in [5.74, 6) is -0.531. The third-order valence-corrected chi connectivity index (χ3v) is 4.82. The SMILES string of the molecule is COc1ccc(NC(=O)c2ccc(C(F)(F)F)nc2Nc2cc(Cl)ccc2C)cc1Cl. The van der Waals surface area contributed by atoms with Gasteiger partial charge in [0.15, 0.2) is 0 Å². The molecule has 0 aliphatic heterocycles. The Labute approximate surface area is 186 Å². The number of aryl methyl sites for hydroxylation is 1. The molecule has 0 spiro atoms. The third kappa shape index (κ3) is 5.39. The van der Waals surface area contributed by atoms with Crippen molar-refractivity contribution in [2.75, 3.05) is 17.7 Å². The lowest BCUT2D eigenvalue weighted by atomic mass is 10.1. The van der Waals surface area contributed by atoms with Crippen LogP contribution in [0.15, 0.2) is 48.5 Å². The van der Waals surface area contributed by atoms with Crippen molar-refractivity contribution in [1.29, 1.82) is 0 Å². The van der Waals surface area contributed by atoms with Crippen LogP contribution in [0.3, 0.4) is 0 Å². The van der Waals surface area contributed by atoms with E-state index in [0.717, 1.165) is 12.1 Å². The number of benzene rings is 2. The number of ether oxygens (including phenoxy) is 1. The van der Waals surface area contributed by atoms with Crippen molar-refractivity contribution in [3.05, 3.63) is 75.4 Å². The van der Waals surface area contributed by atoms with E-state index in [0.29, 0.717) is 27.7 Å². The Bertz CT molecular complexity index is 1140. The van der Waals surface area contributed by atoms with Crippen molar-refractivity contribution < 1.29 is 22.7 Å². The second-order valence-corrected chi connectivity index (χ2v) is 7.32. The van der Waals surface area contributed by atoms with Crippen LogP contribution in [0.1, 0.15) is 21.6 Å². The van der Waals surface area contributed by atoms with E-state index < -0.39 is 17.8 Å². The molecule has 0 aliphatic carbocycles. The van der Waals surface area contributed by atoms with Gasteiger partial charge in [0.1, 0.15) is 17.3 Å². The maximum Gasteiger partial charge on any atom is 0.433 e. The average molecular weight is 470 g/mol. The number of nitrogens with zero attached hydrogens (tertiary/aromatic N) is 1. The Morgan fingerprint density at radius 3 is 2.45 bits per heavy atom. The quantitative estimate of drug-likeness (QED) is 0.435. The molecule has 0 unspecified atom stereocenters. The predicted molar refractivity (Wildman–Crippen MR) is 115 cm³/mol. The van der Waals surface area contributed by atoms with Crippen molar-refractivity contribution in [2.45, 2.75) is 13.1 Å². The largest absolute Gasteiger partial charge is 0.495 e. The molecule has 2 N–H and O–H groups in total. The lowest BCUT2D eigenvalue weighted by molar-refractivity contribution is -0.141. The zero-order chi connectivity index (χ0) is 22.8. The number of alkyl halides is 3. The molecule has 5 nitrogen and oxygen atoms in total. The average Bonchev–Trinajstić information content (AvgIpc) is 2.70. The first-order valence-electron chi connectivity index (χ1n) is 8.85. The van der Waals surface area contributed by atoms with Crippen LogP contribution in [0.25, 0.3) is 0 Å². The van der Waals surface area contributed by atoms with Crippen LogP contribution in [-0.2, 0) is 6.18 Å². The van der Waals surface area contributed by atoms with Gasteiger partial charge in [-0.15, -0.1) is 0 Å². The van der Waals surface area contributed by atoms with E-state index in [9.17, 15) is 18.0 Å². The molecule has 3 aromatic rings. The second-order valence-electron chi connectivity index (χ2n) is 6.48. The number of carbonyl (C=O) groups is 1. The number of halogens is 5. The Morgan fingerprint density at radius 2 is 1.81 bits per heavy atom. The Hall–Kier alpha value is -2.97. The molecule has 0 radical (unpaired) electrons. The highest BCUT2D eigenvalue weighted by molar-refractivity contribution is 6.32. The van der Waals surface area contributed by atoms with E-state index in [4.69, 9.17) is 27.9 Å². The molecule has 1 amide bonds. The highest BCUT2D eigenvalue weighted by atomic mass is 35.5. The Morgan fingerprint density at radius 1 is 1.06 bits per heavy atom. The van der Waals surface area contributed by atoms with Crippen LogP contribution in [0.5, 0.6) is 5.75 Å². The first kappa shape index (κ1) is 22.7. The third-order valence-electron chi connectivity index (χ3n) is 4.29. The molecular weight excluding hydrogens is 454 g/mol. The van der Waals surface area contributed by atoms with Crippen LogP contribution in [-0.4, -0.2) is 18.0 Å². The minimum absolute atomic E-state index is 0.0979. The Balaban J connectivity index is 1.99. The summed E-state index contributed by atoms with van der Waals surface area (Å²) in [5, 5.41) is 6.02. The Kier molecular flexibility index (Phi) is 6.62. The molecule has 1 aromatic heterocycles. The maximum absolute atomic E-state index is 13.2. The molecule has 0 saturated heterocycles. The minimum atomic E-state index is -4.68. The molecule has 31 heavy (non-hydrogen) atoms. The van der Waals surface area contributed by atoms with Gasteiger partial charge in [-0.25, -0.2) is 4.98 Å². The number of aromatic nitrogens is 1. The minimum Gasteiger partial charge on any atom is -0.495 e. The van der Waals surface area contributed by atoms with E-state index in [2.05, 4.69) is 15.6 Å². The maximum atomic E-state index is 13.2. The standard InChI is InChI=1S/C21H16Cl2F3N3O2/c1-11-3-4-12(22)9-16(11)28-19-14(6-8-18(29-19)21(24,25)26)20(30)27-13-5-7-17(31-2)15(23)10-13/h3-10H,1-2H3,(H,27,30)(H,28,29). The van der Waals surface area contributed by atoms with Crippen LogP contribution >= 0.6 is 23.2 Å². The second kappa shape index (κ2) is 9.03. The summed E-state index contributed by atoms with van der Waals surface area (Å²) >= 11 is 12.1. The number of rotatable bonds is 5. The van der Waals surface area contributed by atoms with Gasteiger partial charge in [-0.05, 0) is 55.0 Å². The van der Waals surface area contributed by atoms with E-state index in [1.54, 1.807) is 31.2 Å². The number of nitrogens with one attached hydrogen (secondary N) is 2. The van der Waals surface area contributed by atoms with Gasteiger partial charge in [0.25, 0.3) is 5.91 Å². The van der Waals surface area contributed by atoms with Crippen molar-refractivity contribution in [2.24, 2.45) is 0 Å². The van der Waals surface area contributed by atoms with Crippen molar-refractivity contribution in [3.8, 4) is 5.75 Å². The van der Waals surface area contributed by atoms with Crippen LogP contribution < -0.4 is 15.4 Å². The van der Waals surface area contributed by atoms with E-state index in [1.165, 1.54) is 19.2 Å². The predicted octanol–water partition coefficient (Wildman–Crippen LogP) is 6.72. The van der Waals surface area contributed by atoms with Gasteiger partial charge in [0.05, 0.1) is 17.7 Å². The molecule has 0 bridgehead atoms. The zero-order valence-corrected chi connectivity index (χ0v) is 17.8. The number of anilines is 3. The zero-order valence-electron chi connectivity index (χ0n) is 16.3. The molecule has 0 atom stereocenters. The summed E-state index contributed by atoms with van der Waals surface area (Å²) in [6.45, 7) is 1.74. The molecule has 1 heterocycles. The van der Waals surface area contributed by atoms with Gasteiger partial charge in [0.2, 0.25) is 0 Å². The molecule has 0 aliphatic rings. The van der Waals surface area contributed by atoms with E-state index in [1.807, 2.05) is 0 Å². The molecule has 10 heteroatoms. The first-order valence-corrected chi connectivity index (χ1v) is 9.60. The highest BCUT2D eigenvalue weighted by Crippen LogP contribution is 2.32. The van der Waals surface area contributed by atoms with Gasteiger partial charge >= 0.3 is 6.18 Å². The number of carbonyl (C=O) groups excluding carboxylic acids is 1. The van der Waals surface area contributed by atoms with Crippen molar-refractivity contribution >= 4 is 46.3 Å². The molecule has 3 rings (SSSR count). The number of methoxy groups -OCH3 is 1. The molecule has 2 aromatic carbocycles. The molecule has 0 saturated carbocycles. The monoisotopic (exact) mass is 469 g/mol. The van der Waals surface area contributed by atoms with Gasteiger partial charge in [-0.1, -0.05) is 29.3 Å². The van der Waals surface area contributed by atoms with Gasteiger partial charge < -0.3 is 15.4 Å². The summed E-state index contributed by atoms with van der Waals surface area (Å²) in [7, 11) is 1.45. The highest BCUT2D eigenvalue weighted by Gasteiger charge is 2.33. The van der Waals surface area contributed by atoms with Crippen LogP contribution in [0.2, 0.25) is 10.0 Å².